The largest absolute Gasteiger partial charge is 0.323 e. The molecule has 4 nitrogen and oxygen atoms in total. The molecule has 0 aliphatic rings. The highest BCUT2D eigenvalue weighted by Gasteiger charge is 2.19. The summed E-state index contributed by atoms with van der Waals surface area (Å²) in [5, 5.41) is 8.17. The second kappa shape index (κ2) is 5.67. The Morgan fingerprint density at radius 3 is 2.79 bits per heavy atom. The van der Waals surface area contributed by atoms with Gasteiger partial charge in [-0.1, -0.05) is 36.7 Å². The van der Waals surface area contributed by atoms with E-state index in [0.29, 0.717) is 17.8 Å². The topological polar surface area (TPSA) is 56.7 Å². The first-order chi connectivity index (χ1) is 9.10. The Bertz CT molecular complexity index is 582. The lowest BCUT2D eigenvalue weighted by atomic mass is 10.1. The minimum absolute atomic E-state index is 0.0661. The van der Waals surface area contributed by atoms with Crippen LogP contribution in [0.2, 0.25) is 5.02 Å². The predicted molar refractivity (Wildman–Crippen MR) is 72.9 cm³/mol. The molecule has 0 aliphatic carbocycles. The van der Waals surface area contributed by atoms with E-state index >= 15 is 0 Å². The molecule has 2 rings (SSSR count). The van der Waals surface area contributed by atoms with Crippen molar-refractivity contribution in [2.45, 2.75) is 32.7 Å². The van der Waals surface area contributed by atoms with E-state index in [1.807, 2.05) is 13.8 Å². The quantitative estimate of drug-likeness (QED) is 0.938. The summed E-state index contributed by atoms with van der Waals surface area (Å²) in [6.45, 7) is 3.94. The summed E-state index contributed by atoms with van der Waals surface area (Å²) in [7, 11) is 0. The Morgan fingerprint density at radius 2 is 2.16 bits per heavy atom. The van der Waals surface area contributed by atoms with Crippen LogP contribution in [0.15, 0.2) is 18.2 Å². The molecule has 1 heterocycles. The van der Waals surface area contributed by atoms with Gasteiger partial charge in [0.15, 0.2) is 5.82 Å². The number of benzene rings is 1. The molecule has 2 N–H and O–H groups in total. The van der Waals surface area contributed by atoms with Gasteiger partial charge in [0.05, 0.1) is 16.8 Å². The molecule has 0 aliphatic heterocycles. The number of rotatable bonds is 4. The van der Waals surface area contributed by atoms with Crippen LogP contribution in [0, 0.1) is 5.82 Å². The van der Waals surface area contributed by atoms with Crippen LogP contribution in [0.5, 0.6) is 0 Å². The zero-order valence-corrected chi connectivity index (χ0v) is 11.7. The average Bonchev–Trinajstić information content (AvgIpc) is 2.84. The molecule has 0 saturated carbocycles. The maximum atomic E-state index is 14.0. The Labute approximate surface area is 116 Å². The van der Waals surface area contributed by atoms with Crippen molar-refractivity contribution < 1.29 is 4.39 Å². The molecule has 102 valence electrons. The maximum Gasteiger partial charge on any atom is 0.167 e. The standard InChI is InChI=1S/C13H16ClFN4/c1-3-9(16)13-10(4-2)19(18-17-13)11-7-5-6-8(14)12(11)15/h5-7,9H,3-4,16H2,1-2H3. The van der Waals surface area contributed by atoms with Crippen LogP contribution in [0.1, 0.15) is 37.7 Å². The Morgan fingerprint density at radius 1 is 1.42 bits per heavy atom. The van der Waals surface area contributed by atoms with Gasteiger partial charge in [-0.15, -0.1) is 5.10 Å². The van der Waals surface area contributed by atoms with Gasteiger partial charge in [0.2, 0.25) is 0 Å². The summed E-state index contributed by atoms with van der Waals surface area (Å²) >= 11 is 5.79. The van der Waals surface area contributed by atoms with Crippen molar-refractivity contribution >= 4 is 11.6 Å². The minimum Gasteiger partial charge on any atom is -0.323 e. The van der Waals surface area contributed by atoms with Gasteiger partial charge < -0.3 is 5.73 Å². The molecule has 0 saturated heterocycles. The van der Waals surface area contributed by atoms with E-state index in [2.05, 4.69) is 10.3 Å². The van der Waals surface area contributed by atoms with Crippen molar-refractivity contribution in [3.63, 3.8) is 0 Å². The molecule has 0 fully saturated rings. The van der Waals surface area contributed by atoms with Crippen molar-refractivity contribution in [1.82, 2.24) is 15.0 Å². The lowest BCUT2D eigenvalue weighted by Crippen LogP contribution is -2.12. The van der Waals surface area contributed by atoms with Crippen molar-refractivity contribution in [1.29, 1.82) is 0 Å². The number of halogens is 2. The van der Waals surface area contributed by atoms with E-state index < -0.39 is 5.82 Å². The summed E-state index contributed by atoms with van der Waals surface area (Å²) in [5.41, 5.74) is 7.82. The molecule has 19 heavy (non-hydrogen) atoms. The fraction of sp³-hybridized carbons (Fsp3) is 0.385. The van der Waals surface area contributed by atoms with E-state index in [4.69, 9.17) is 17.3 Å². The molecular weight excluding hydrogens is 267 g/mol. The van der Waals surface area contributed by atoms with Crippen LogP contribution in [0.25, 0.3) is 5.69 Å². The normalized spacial score (nSPS) is 12.7. The summed E-state index contributed by atoms with van der Waals surface area (Å²) in [5.74, 6) is -0.500. The molecule has 1 unspecified atom stereocenters. The highest BCUT2D eigenvalue weighted by molar-refractivity contribution is 6.30. The van der Waals surface area contributed by atoms with E-state index in [9.17, 15) is 4.39 Å². The Hall–Kier alpha value is -1.46. The summed E-state index contributed by atoms with van der Waals surface area (Å²) in [4.78, 5) is 0. The second-order valence-corrected chi connectivity index (χ2v) is 4.68. The van der Waals surface area contributed by atoms with Crippen LogP contribution in [-0.2, 0) is 6.42 Å². The number of nitrogens with zero attached hydrogens (tertiary/aromatic N) is 3. The number of hydrogen-bond donors (Lipinski definition) is 1. The fourth-order valence-electron chi connectivity index (χ4n) is 1.98. The van der Waals surface area contributed by atoms with Gasteiger partial charge in [-0.3, -0.25) is 0 Å². The summed E-state index contributed by atoms with van der Waals surface area (Å²) in [6.07, 6.45) is 1.42. The lowest BCUT2D eigenvalue weighted by molar-refractivity contribution is 0.603. The second-order valence-electron chi connectivity index (χ2n) is 4.27. The monoisotopic (exact) mass is 282 g/mol. The first-order valence-corrected chi connectivity index (χ1v) is 6.62. The molecule has 0 radical (unpaired) electrons. The molecule has 1 aromatic carbocycles. The van der Waals surface area contributed by atoms with Crippen molar-refractivity contribution in [3.05, 3.63) is 40.4 Å². The van der Waals surface area contributed by atoms with E-state index in [0.717, 1.165) is 12.1 Å². The molecule has 2 aromatic rings. The van der Waals surface area contributed by atoms with E-state index in [1.54, 1.807) is 12.1 Å². The third-order valence-corrected chi connectivity index (χ3v) is 3.37. The summed E-state index contributed by atoms with van der Waals surface area (Å²) in [6, 6.07) is 4.62. The van der Waals surface area contributed by atoms with Gasteiger partial charge >= 0.3 is 0 Å². The summed E-state index contributed by atoms with van der Waals surface area (Å²) < 4.78 is 15.5. The van der Waals surface area contributed by atoms with Crippen LogP contribution >= 0.6 is 11.6 Å². The zero-order valence-electron chi connectivity index (χ0n) is 10.9. The van der Waals surface area contributed by atoms with Crippen molar-refractivity contribution in [3.8, 4) is 5.69 Å². The number of nitrogens with two attached hydrogens (primary N) is 1. The van der Waals surface area contributed by atoms with Crippen LogP contribution < -0.4 is 5.73 Å². The highest BCUT2D eigenvalue weighted by Crippen LogP contribution is 2.24. The Kier molecular flexibility index (Phi) is 4.17. The van der Waals surface area contributed by atoms with Gasteiger partial charge in [0.1, 0.15) is 11.4 Å². The zero-order chi connectivity index (χ0) is 14.0. The molecule has 0 amide bonds. The van der Waals surface area contributed by atoms with Crippen LogP contribution in [-0.4, -0.2) is 15.0 Å². The van der Waals surface area contributed by atoms with Crippen molar-refractivity contribution in [2.75, 3.05) is 0 Å². The first kappa shape index (κ1) is 14.0. The number of aromatic nitrogens is 3. The van der Waals surface area contributed by atoms with E-state index in [1.165, 1.54) is 10.7 Å². The molecule has 0 spiro atoms. The molecule has 0 bridgehead atoms. The minimum atomic E-state index is -0.500. The third kappa shape index (κ3) is 2.48. The SMILES string of the molecule is CCc1c(C(N)CC)nnn1-c1cccc(Cl)c1F. The third-order valence-electron chi connectivity index (χ3n) is 3.08. The average molecular weight is 283 g/mol. The smallest absolute Gasteiger partial charge is 0.167 e. The van der Waals surface area contributed by atoms with Gasteiger partial charge in [0.25, 0.3) is 0 Å². The number of hydrogen-bond acceptors (Lipinski definition) is 3. The lowest BCUT2D eigenvalue weighted by Gasteiger charge is -2.10. The van der Waals surface area contributed by atoms with Gasteiger partial charge in [-0.2, -0.15) is 0 Å². The molecule has 6 heteroatoms. The van der Waals surface area contributed by atoms with Gasteiger partial charge in [0, 0.05) is 0 Å². The van der Waals surface area contributed by atoms with Gasteiger partial charge in [-0.05, 0) is 25.0 Å². The fourth-order valence-corrected chi connectivity index (χ4v) is 2.14. The first-order valence-electron chi connectivity index (χ1n) is 6.24. The highest BCUT2D eigenvalue weighted by atomic mass is 35.5. The van der Waals surface area contributed by atoms with Crippen LogP contribution in [0.4, 0.5) is 4.39 Å². The van der Waals surface area contributed by atoms with Crippen molar-refractivity contribution in [2.24, 2.45) is 5.73 Å². The van der Waals surface area contributed by atoms with Crippen LogP contribution in [0.3, 0.4) is 0 Å². The molecule has 1 atom stereocenters. The molecular formula is C13H16ClFN4. The maximum absolute atomic E-state index is 14.0. The Balaban J connectivity index is 2.57. The molecule has 1 aromatic heterocycles. The predicted octanol–water partition coefficient (Wildman–Crippen LogP) is 3.03. The van der Waals surface area contributed by atoms with E-state index in [-0.39, 0.29) is 11.1 Å². The van der Waals surface area contributed by atoms with Gasteiger partial charge in [-0.25, -0.2) is 9.07 Å².